The Kier molecular flexibility index (Phi) is 2.38. The highest BCUT2D eigenvalue weighted by atomic mass is 16.4. The van der Waals surface area contributed by atoms with Crippen LogP contribution in [-0.4, -0.2) is 28.4 Å². The summed E-state index contributed by atoms with van der Waals surface area (Å²) in [5.74, 6) is -4.16. The number of carbonyl (C=O) groups excluding carboxylic acids is 3. The Hall–Kier alpha value is -2.30. The minimum Gasteiger partial charge on any atom is -0.478 e. The molecule has 2 rings (SSSR count). The van der Waals surface area contributed by atoms with Crippen molar-refractivity contribution in [3.05, 3.63) is 34.9 Å². The van der Waals surface area contributed by atoms with E-state index in [2.05, 4.69) is 0 Å². The van der Waals surface area contributed by atoms with Crippen molar-refractivity contribution in [1.82, 2.24) is 0 Å². The number of aromatic carboxylic acids is 1. The van der Waals surface area contributed by atoms with Crippen LogP contribution >= 0.6 is 0 Å². The molecule has 86 valence electrons. The number of hydrogen-bond acceptors (Lipinski definition) is 4. The lowest BCUT2D eigenvalue weighted by molar-refractivity contribution is -0.118. The Bertz CT molecular complexity index is 570. The first kappa shape index (κ1) is 11.2. The van der Waals surface area contributed by atoms with Crippen molar-refractivity contribution in [2.75, 3.05) is 0 Å². The fraction of sp³-hybridized carbons (Fsp3) is 0.167. The molecule has 1 unspecified atom stereocenters. The van der Waals surface area contributed by atoms with E-state index in [9.17, 15) is 19.2 Å². The van der Waals surface area contributed by atoms with E-state index in [4.69, 9.17) is 5.11 Å². The van der Waals surface area contributed by atoms with Crippen molar-refractivity contribution in [2.24, 2.45) is 5.92 Å². The highest BCUT2D eigenvalue weighted by Gasteiger charge is 2.41. The molecule has 0 spiro atoms. The van der Waals surface area contributed by atoms with Crippen LogP contribution in [0.4, 0.5) is 0 Å². The third kappa shape index (κ3) is 1.56. The minimum atomic E-state index is -1.30. The topological polar surface area (TPSA) is 88.5 Å². The van der Waals surface area contributed by atoms with E-state index < -0.39 is 29.2 Å². The third-order valence-electron chi connectivity index (χ3n) is 2.73. The van der Waals surface area contributed by atoms with Crippen LogP contribution in [0.1, 0.15) is 38.0 Å². The number of Topliss-reactive ketones (excluding diaryl/α,β-unsaturated/α-hetero) is 3. The molecule has 1 aromatic rings. The Morgan fingerprint density at radius 3 is 2.24 bits per heavy atom. The standard InChI is InChI=1S/C12H8O5/c1-5(13)9-10(14)7-3-2-6(12(16)17)4-8(7)11(9)15/h2-4,9H,1H3,(H,16,17). The zero-order chi connectivity index (χ0) is 12.7. The minimum absolute atomic E-state index is 0.0232. The molecular formula is C12H8O5. The lowest BCUT2D eigenvalue weighted by atomic mass is 10.00. The number of carboxylic acid groups (broad SMARTS) is 1. The molecule has 5 heteroatoms. The summed E-state index contributed by atoms with van der Waals surface area (Å²) in [5.41, 5.74) is 0.0735. The highest BCUT2D eigenvalue weighted by molar-refractivity contribution is 6.35. The monoisotopic (exact) mass is 232 g/mol. The van der Waals surface area contributed by atoms with Crippen LogP contribution in [-0.2, 0) is 4.79 Å². The van der Waals surface area contributed by atoms with Crippen molar-refractivity contribution >= 4 is 23.3 Å². The largest absolute Gasteiger partial charge is 0.478 e. The van der Waals surface area contributed by atoms with Gasteiger partial charge >= 0.3 is 5.97 Å². The van der Waals surface area contributed by atoms with Gasteiger partial charge in [0.15, 0.2) is 11.6 Å². The zero-order valence-corrected chi connectivity index (χ0v) is 8.89. The van der Waals surface area contributed by atoms with Crippen molar-refractivity contribution < 1.29 is 24.3 Å². The van der Waals surface area contributed by atoms with Gasteiger partial charge in [0.2, 0.25) is 0 Å². The van der Waals surface area contributed by atoms with E-state index in [0.717, 1.165) is 6.07 Å². The van der Waals surface area contributed by atoms with Gasteiger partial charge in [-0.2, -0.15) is 0 Å². The van der Waals surface area contributed by atoms with Gasteiger partial charge in [-0.3, -0.25) is 14.4 Å². The summed E-state index contributed by atoms with van der Waals surface area (Å²) in [5, 5.41) is 8.78. The highest BCUT2D eigenvalue weighted by Crippen LogP contribution is 2.28. The van der Waals surface area contributed by atoms with Crippen LogP contribution in [0.2, 0.25) is 0 Å². The molecule has 1 aliphatic rings. The molecule has 17 heavy (non-hydrogen) atoms. The van der Waals surface area contributed by atoms with E-state index in [0.29, 0.717) is 0 Å². The molecule has 0 heterocycles. The predicted octanol–water partition coefficient (Wildman–Crippen LogP) is 0.969. The van der Waals surface area contributed by atoms with Gasteiger partial charge in [-0.15, -0.1) is 0 Å². The Balaban J connectivity index is 2.58. The second-order valence-corrected chi connectivity index (χ2v) is 3.84. The van der Waals surface area contributed by atoms with Gasteiger partial charge in [0, 0.05) is 11.1 Å². The first-order valence-corrected chi connectivity index (χ1v) is 4.89. The number of rotatable bonds is 2. The van der Waals surface area contributed by atoms with Crippen LogP contribution in [0.25, 0.3) is 0 Å². The van der Waals surface area contributed by atoms with Crippen LogP contribution in [0, 0.1) is 5.92 Å². The van der Waals surface area contributed by atoms with Gasteiger partial charge in [0.05, 0.1) is 5.56 Å². The fourth-order valence-electron chi connectivity index (χ4n) is 1.90. The smallest absolute Gasteiger partial charge is 0.335 e. The second kappa shape index (κ2) is 3.62. The quantitative estimate of drug-likeness (QED) is 0.767. The molecule has 0 saturated heterocycles. The van der Waals surface area contributed by atoms with Crippen LogP contribution in [0.15, 0.2) is 18.2 Å². The Morgan fingerprint density at radius 2 is 1.71 bits per heavy atom. The zero-order valence-electron chi connectivity index (χ0n) is 8.89. The average molecular weight is 232 g/mol. The molecule has 1 atom stereocenters. The van der Waals surface area contributed by atoms with Gasteiger partial charge in [-0.1, -0.05) is 0 Å². The van der Waals surface area contributed by atoms with Crippen molar-refractivity contribution in [2.45, 2.75) is 6.92 Å². The number of benzene rings is 1. The van der Waals surface area contributed by atoms with E-state index in [1.54, 1.807) is 0 Å². The SMILES string of the molecule is CC(=O)C1C(=O)c2ccc(C(=O)O)cc2C1=O. The molecule has 0 fully saturated rings. The van der Waals surface area contributed by atoms with Gasteiger partial charge in [0.1, 0.15) is 11.7 Å². The van der Waals surface area contributed by atoms with Crippen LogP contribution in [0.3, 0.4) is 0 Å². The summed E-state index contributed by atoms with van der Waals surface area (Å²) in [6.45, 7) is 1.17. The van der Waals surface area contributed by atoms with Crippen molar-refractivity contribution in [1.29, 1.82) is 0 Å². The van der Waals surface area contributed by atoms with E-state index in [1.807, 2.05) is 0 Å². The third-order valence-corrected chi connectivity index (χ3v) is 2.73. The number of ketones is 3. The molecule has 0 radical (unpaired) electrons. The Morgan fingerprint density at radius 1 is 1.12 bits per heavy atom. The number of hydrogen-bond donors (Lipinski definition) is 1. The summed E-state index contributed by atoms with van der Waals surface area (Å²) < 4.78 is 0. The fourth-order valence-corrected chi connectivity index (χ4v) is 1.90. The molecule has 0 amide bonds. The van der Waals surface area contributed by atoms with Crippen molar-refractivity contribution in [3.8, 4) is 0 Å². The molecular weight excluding hydrogens is 224 g/mol. The van der Waals surface area contributed by atoms with Gasteiger partial charge in [-0.05, 0) is 25.1 Å². The maximum absolute atomic E-state index is 11.8. The summed E-state index contributed by atoms with van der Waals surface area (Å²) in [4.78, 5) is 45.5. The van der Waals surface area contributed by atoms with E-state index in [-0.39, 0.29) is 16.7 Å². The first-order valence-electron chi connectivity index (χ1n) is 4.89. The van der Waals surface area contributed by atoms with Crippen LogP contribution in [0.5, 0.6) is 0 Å². The average Bonchev–Trinajstić information content (AvgIpc) is 2.51. The normalized spacial score (nSPS) is 18.1. The molecule has 5 nitrogen and oxygen atoms in total. The molecule has 0 bridgehead atoms. The van der Waals surface area contributed by atoms with Gasteiger partial charge in [0.25, 0.3) is 0 Å². The predicted molar refractivity (Wildman–Crippen MR) is 56.2 cm³/mol. The summed E-state index contributed by atoms with van der Waals surface area (Å²) in [6, 6.07) is 3.66. The Labute approximate surface area is 96.1 Å². The number of carboxylic acids is 1. The molecule has 1 aliphatic carbocycles. The van der Waals surface area contributed by atoms with E-state index >= 15 is 0 Å². The molecule has 1 aromatic carbocycles. The molecule has 0 aliphatic heterocycles. The first-order chi connectivity index (χ1) is 7.93. The lowest BCUT2D eigenvalue weighted by Crippen LogP contribution is -2.22. The molecule has 0 saturated carbocycles. The van der Waals surface area contributed by atoms with Crippen molar-refractivity contribution in [3.63, 3.8) is 0 Å². The van der Waals surface area contributed by atoms with Crippen LogP contribution < -0.4 is 0 Å². The number of fused-ring (bicyclic) bond motifs is 1. The maximum atomic E-state index is 11.8. The second-order valence-electron chi connectivity index (χ2n) is 3.84. The summed E-state index contributed by atoms with van der Waals surface area (Å²) in [7, 11) is 0. The van der Waals surface area contributed by atoms with E-state index in [1.165, 1.54) is 19.1 Å². The lowest BCUT2D eigenvalue weighted by Gasteiger charge is -1.98. The molecule has 0 aromatic heterocycles. The summed E-state index contributed by atoms with van der Waals surface area (Å²) in [6.07, 6.45) is 0. The summed E-state index contributed by atoms with van der Waals surface area (Å²) >= 11 is 0. The molecule has 1 N–H and O–H groups in total. The van der Waals surface area contributed by atoms with Gasteiger partial charge in [-0.25, -0.2) is 4.79 Å². The van der Waals surface area contributed by atoms with Gasteiger partial charge < -0.3 is 5.11 Å². The maximum Gasteiger partial charge on any atom is 0.335 e. The number of carbonyl (C=O) groups is 4.